The van der Waals surface area contributed by atoms with Gasteiger partial charge in [-0.3, -0.25) is 4.79 Å². The van der Waals surface area contributed by atoms with E-state index >= 15 is 0 Å². The molecule has 23 heavy (non-hydrogen) atoms. The van der Waals surface area contributed by atoms with Gasteiger partial charge in [-0.1, -0.05) is 12.1 Å². The molecule has 2 rings (SSSR count). The van der Waals surface area contributed by atoms with E-state index in [0.717, 1.165) is 12.1 Å². The van der Waals surface area contributed by atoms with Crippen molar-refractivity contribution in [1.29, 1.82) is 0 Å². The van der Waals surface area contributed by atoms with E-state index < -0.39 is 23.5 Å². The zero-order valence-corrected chi connectivity index (χ0v) is 12.2. The van der Waals surface area contributed by atoms with Gasteiger partial charge in [0.05, 0.1) is 18.4 Å². The SMILES string of the molecule is COC(=O)c1ccc(/C=C/C(=O)Nc2ccc(F)cc2F)cc1. The Balaban J connectivity index is 2.02. The van der Waals surface area contributed by atoms with E-state index in [2.05, 4.69) is 10.1 Å². The first-order valence-electron chi connectivity index (χ1n) is 6.62. The summed E-state index contributed by atoms with van der Waals surface area (Å²) in [6, 6.07) is 9.26. The van der Waals surface area contributed by atoms with Gasteiger partial charge in [0.2, 0.25) is 5.91 Å². The molecule has 6 heteroatoms. The first kappa shape index (κ1) is 16.4. The van der Waals surface area contributed by atoms with E-state index in [-0.39, 0.29) is 5.69 Å². The fourth-order valence-corrected chi connectivity index (χ4v) is 1.79. The van der Waals surface area contributed by atoms with Crippen molar-refractivity contribution in [1.82, 2.24) is 0 Å². The highest BCUT2D eigenvalue weighted by Crippen LogP contribution is 2.15. The average Bonchev–Trinajstić information content (AvgIpc) is 2.55. The van der Waals surface area contributed by atoms with Crippen LogP contribution in [0.1, 0.15) is 15.9 Å². The molecule has 1 amide bonds. The third-order valence-corrected chi connectivity index (χ3v) is 2.95. The highest BCUT2D eigenvalue weighted by molar-refractivity contribution is 6.02. The van der Waals surface area contributed by atoms with Gasteiger partial charge in [-0.05, 0) is 35.9 Å². The molecular weight excluding hydrogens is 304 g/mol. The number of nitrogens with one attached hydrogen (secondary N) is 1. The molecule has 0 heterocycles. The smallest absolute Gasteiger partial charge is 0.337 e. The van der Waals surface area contributed by atoms with Crippen molar-refractivity contribution >= 4 is 23.6 Å². The van der Waals surface area contributed by atoms with Crippen molar-refractivity contribution < 1.29 is 23.1 Å². The maximum atomic E-state index is 13.4. The van der Waals surface area contributed by atoms with Crippen LogP contribution in [0.5, 0.6) is 0 Å². The number of carbonyl (C=O) groups is 2. The number of methoxy groups -OCH3 is 1. The minimum Gasteiger partial charge on any atom is -0.465 e. The highest BCUT2D eigenvalue weighted by atomic mass is 19.1. The minimum absolute atomic E-state index is 0.109. The number of rotatable bonds is 4. The second-order valence-electron chi connectivity index (χ2n) is 4.56. The summed E-state index contributed by atoms with van der Waals surface area (Å²) in [6.45, 7) is 0. The van der Waals surface area contributed by atoms with Crippen LogP contribution in [0.2, 0.25) is 0 Å². The van der Waals surface area contributed by atoms with Crippen molar-refractivity contribution in [3.8, 4) is 0 Å². The molecular formula is C17H13F2NO3. The summed E-state index contributed by atoms with van der Waals surface area (Å²) in [4.78, 5) is 23.0. The number of benzene rings is 2. The van der Waals surface area contributed by atoms with Gasteiger partial charge in [-0.15, -0.1) is 0 Å². The van der Waals surface area contributed by atoms with Gasteiger partial charge in [-0.25, -0.2) is 13.6 Å². The standard InChI is InChI=1S/C17H13F2NO3/c1-23-17(22)12-5-2-11(3-6-12)4-9-16(21)20-15-8-7-13(18)10-14(15)19/h2-10H,1H3,(H,20,21)/b9-4+. The Morgan fingerprint density at radius 1 is 1.09 bits per heavy atom. The monoisotopic (exact) mass is 317 g/mol. The zero-order valence-electron chi connectivity index (χ0n) is 12.2. The molecule has 0 bridgehead atoms. The van der Waals surface area contributed by atoms with Gasteiger partial charge in [0, 0.05) is 12.1 Å². The fourth-order valence-electron chi connectivity index (χ4n) is 1.79. The normalized spacial score (nSPS) is 10.6. The molecule has 2 aromatic carbocycles. The lowest BCUT2D eigenvalue weighted by molar-refractivity contribution is -0.111. The summed E-state index contributed by atoms with van der Waals surface area (Å²) < 4.78 is 30.8. The number of halogens is 2. The van der Waals surface area contributed by atoms with Crippen molar-refractivity contribution in [3.05, 3.63) is 71.3 Å². The summed E-state index contributed by atoms with van der Waals surface area (Å²) >= 11 is 0. The molecule has 0 saturated heterocycles. The van der Waals surface area contributed by atoms with Crippen LogP contribution in [-0.4, -0.2) is 19.0 Å². The largest absolute Gasteiger partial charge is 0.465 e. The van der Waals surface area contributed by atoms with E-state index in [9.17, 15) is 18.4 Å². The van der Waals surface area contributed by atoms with Crippen LogP contribution >= 0.6 is 0 Å². The quantitative estimate of drug-likeness (QED) is 0.694. The predicted molar refractivity (Wildman–Crippen MR) is 81.8 cm³/mol. The van der Waals surface area contributed by atoms with Crippen molar-refractivity contribution in [2.75, 3.05) is 12.4 Å². The summed E-state index contributed by atoms with van der Waals surface area (Å²) in [5.41, 5.74) is 0.956. The molecule has 0 fully saturated rings. The van der Waals surface area contributed by atoms with Crippen LogP contribution in [-0.2, 0) is 9.53 Å². The maximum Gasteiger partial charge on any atom is 0.337 e. The Kier molecular flexibility index (Phi) is 5.19. The van der Waals surface area contributed by atoms with Gasteiger partial charge in [0.25, 0.3) is 0 Å². The first-order valence-corrected chi connectivity index (χ1v) is 6.62. The molecule has 118 valence electrons. The topological polar surface area (TPSA) is 55.4 Å². The van der Waals surface area contributed by atoms with Crippen LogP contribution in [0.15, 0.2) is 48.5 Å². The molecule has 4 nitrogen and oxygen atoms in total. The van der Waals surface area contributed by atoms with Gasteiger partial charge in [-0.2, -0.15) is 0 Å². The van der Waals surface area contributed by atoms with Gasteiger partial charge in [0.15, 0.2) is 0 Å². The third kappa shape index (κ3) is 4.47. The Hall–Kier alpha value is -3.02. The van der Waals surface area contributed by atoms with Crippen molar-refractivity contribution in [2.45, 2.75) is 0 Å². The molecule has 0 aliphatic carbocycles. The molecule has 0 atom stereocenters. The minimum atomic E-state index is -0.853. The van der Waals surface area contributed by atoms with Crippen molar-refractivity contribution in [3.63, 3.8) is 0 Å². The molecule has 0 spiro atoms. The summed E-state index contributed by atoms with van der Waals surface area (Å²) in [6.07, 6.45) is 2.70. The lowest BCUT2D eigenvalue weighted by Gasteiger charge is -2.03. The molecule has 0 unspecified atom stereocenters. The Labute approximate surface area is 131 Å². The van der Waals surface area contributed by atoms with Gasteiger partial charge in [0.1, 0.15) is 11.6 Å². The fraction of sp³-hybridized carbons (Fsp3) is 0.0588. The number of carbonyl (C=O) groups excluding carboxylic acids is 2. The lowest BCUT2D eigenvalue weighted by Crippen LogP contribution is -2.09. The lowest BCUT2D eigenvalue weighted by atomic mass is 10.1. The highest BCUT2D eigenvalue weighted by Gasteiger charge is 2.06. The van der Waals surface area contributed by atoms with E-state index in [1.807, 2.05) is 0 Å². The summed E-state index contributed by atoms with van der Waals surface area (Å²) in [7, 11) is 1.29. The number of hydrogen-bond donors (Lipinski definition) is 1. The molecule has 0 saturated carbocycles. The Morgan fingerprint density at radius 2 is 1.78 bits per heavy atom. The zero-order chi connectivity index (χ0) is 16.8. The van der Waals surface area contributed by atoms with E-state index in [1.165, 1.54) is 19.3 Å². The Bertz CT molecular complexity index is 755. The van der Waals surface area contributed by atoms with Crippen LogP contribution in [0.3, 0.4) is 0 Å². The Morgan fingerprint density at radius 3 is 2.39 bits per heavy atom. The maximum absolute atomic E-state index is 13.4. The molecule has 0 radical (unpaired) electrons. The number of ether oxygens (including phenoxy) is 1. The number of amides is 1. The van der Waals surface area contributed by atoms with Gasteiger partial charge >= 0.3 is 5.97 Å². The third-order valence-electron chi connectivity index (χ3n) is 2.95. The second-order valence-corrected chi connectivity index (χ2v) is 4.56. The first-order chi connectivity index (χ1) is 11.0. The molecule has 2 aromatic rings. The van der Waals surface area contributed by atoms with Gasteiger partial charge < -0.3 is 10.1 Å². The summed E-state index contributed by atoms with van der Waals surface area (Å²) in [5, 5.41) is 2.30. The number of hydrogen-bond acceptors (Lipinski definition) is 3. The van der Waals surface area contributed by atoms with E-state index in [1.54, 1.807) is 24.3 Å². The van der Waals surface area contributed by atoms with E-state index in [4.69, 9.17) is 0 Å². The molecule has 0 aliphatic rings. The molecule has 0 aromatic heterocycles. The van der Waals surface area contributed by atoms with E-state index in [0.29, 0.717) is 17.2 Å². The second kappa shape index (κ2) is 7.31. The van der Waals surface area contributed by atoms with Crippen LogP contribution in [0.25, 0.3) is 6.08 Å². The number of anilines is 1. The average molecular weight is 317 g/mol. The van der Waals surface area contributed by atoms with Crippen molar-refractivity contribution in [2.24, 2.45) is 0 Å². The number of esters is 1. The summed E-state index contributed by atoms with van der Waals surface area (Å²) in [5.74, 6) is -2.59. The van der Waals surface area contributed by atoms with Crippen LogP contribution < -0.4 is 5.32 Å². The van der Waals surface area contributed by atoms with Crippen LogP contribution in [0.4, 0.5) is 14.5 Å². The predicted octanol–water partition coefficient (Wildman–Crippen LogP) is 3.40. The van der Waals surface area contributed by atoms with Crippen LogP contribution in [0, 0.1) is 11.6 Å². The molecule has 0 aliphatic heterocycles. The molecule has 1 N–H and O–H groups in total.